The highest BCUT2D eigenvalue weighted by atomic mass is 19.1. The smallest absolute Gasteiger partial charge is 0.278 e. The molecule has 0 saturated heterocycles. The Labute approximate surface area is 130 Å². The summed E-state index contributed by atoms with van der Waals surface area (Å²) in [6.45, 7) is 3.13. The minimum atomic E-state index is -0.268. The highest BCUT2D eigenvalue weighted by Gasteiger charge is 2.21. The monoisotopic (exact) mass is 301 g/mol. The van der Waals surface area contributed by atoms with Crippen molar-refractivity contribution < 1.29 is 14.1 Å². The summed E-state index contributed by atoms with van der Waals surface area (Å²) in [6.07, 6.45) is 0. The van der Waals surface area contributed by atoms with Crippen LogP contribution in [0, 0.1) is 5.82 Å². The van der Waals surface area contributed by atoms with Gasteiger partial charge in [0.15, 0.2) is 6.04 Å². The average Bonchev–Trinajstić information content (AvgIpc) is 2.54. The van der Waals surface area contributed by atoms with E-state index in [0.717, 1.165) is 17.0 Å². The molecule has 0 heterocycles. The summed E-state index contributed by atoms with van der Waals surface area (Å²) < 4.78 is 12.8. The van der Waals surface area contributed by atoms with Gasteiger partial charge in [-0.05, 0) is 24.6 Å². The van der Waals surface area contributed by atoms with Crippen LogP contribution in [-0.2, 0) is 17.9 Å². The van der Waals surface area contributed by atoms with E-state index in [0.29, 0.717) is 6.54 Å². The number of rotatable bonds is 6. The summed E-state index contributed by atoms with van der Waals surface area (Å²) in [7, 11) is 2.01. The first-order chi connectivity index (χ1) is 10.6. The van der Waals surface area contributed by atoms with Crippen molar-refractivity contribution in [1.82, 2.24) is 5.32 Å². The molecule has 22 heavy (non-hydrogen) atoms. The topological polar surface area (TPSA) is 33.5 Å². The van der Waals surface area contributed by atoms with Crippen molar-refractivity contribution in [2.75, 3.05) is 7.05 Å². The Kier molecular flexibility index (Phi) is 5.67. The standard InChI is InChI=1S/C18H21FN2O/c1-14(21(2)13-16-6-4-3-5-7-16)18(22)20-12-15-8-10-17(19)11-9-15/h3-11,14H,12-13H2,1-2H3,(H,20,22)/p+1/t14-/m1/s1. The minimum absolute atomic E-state index is 0.00208. The first-order valence-corrected chi connectivity index (χ1v) is 7.44. The number of hydrogen-bond donors (Lipinski definition) is 2. The quantitative estimate of drug-likeness (QED) is 0.834. The van der Waals surface area contributed by atoms with Crippen molar-refractivity contribution in [3.63, 3.8) is 0 Å². The summed E-state index contributed by atoms with van der Waals surface area (Å²) in [4.78, 5) is 13.3. The molecule has 0 aliphatic rings. The Bertz CT molecular complexity index is 598. The summed E-state index contributed by atoms with van der Waals surface area (Å²) in [6, 6.07) is 16.1. The molecule has 2 atom stereocenters. The van der Waals surface area contributed by atoms with Gasteiger partial charge < -0.3 is 10.2 Å². The van der Waals surface area contributed by atoms with Crippen LogP contribution in [0.4, 0.5) is 4.39 Å². The molecular formula is C18H22FN2O+. The highest BCUT2D eigenvalue weighted by molar-refractivity contribution is 5.79. The Morgan fingerprint density at radius 2 is 1.73 bits per heavy atom. The van der Waals surface area contributed by atoms with Gasteiger partial charge in [0.2, 0.25) is 0 Å². The van der Waals surface area contributed by atoms with Crippen LogP contribution in [0.1, 0.15) is 18.1 Å². The predicted molar refractivity (Wildman–Crippen MR) is 84.7 cm³/mol. The van der Waals surface area contributed by atoms with Crippen LogP contribution in [0.15, 0.2) is 54.6 Å². The lowest BCUT2D eigenvalue weighted by molar-refractivity contribution is -0.908. The second-order valence-electron chi connectivity index (χ2n) is 5.57. The molecule has 3 nitrogen and oxygen atoms in total. The molecule has 2 rings (SSSR count). The van der Waals surface area contributed by atoms with Gasteiger partial charge >= 0.3 is 0 Å². The third kappa shape index (κ3) is 4.67. The van der Waals surface area contributed by atoms with E-state index in [-0.39, 0.29) is 17.8 Å². The maximum Gasteiger partial charge on any atom is 0.278 e. The molecule has 0 bridgehead atoms. The maximum absolute atomic E-state index is 12.8. The molecule has 0 spiro atoms. The van der Waals surface area contributed by atoms with Gasteiger partial charge in [-0.25, -0.2) is 4.39 Å². The predicted octanol–water partition coefficient (Wildman–Crippen LogP) is 1.55. The third-order valence-electron chi connectivity index (χ3n) is 3.84. The average molecular weight is 301 g/mol. The Balaban J connectivity index is 1.84. The van der Waals surface area contributed by atoms with E-state index in [2.05, 4.69) is 17.4 Å². The molecule has 116 valence electrons. The molecule has 0 aromatic heterocycles. The second kappa shape index (κ2) is 7.71. The molecular weight excluding hydrogens is 279 g/mol. The maximum atomic E-state index is 12.8. The number of amides is 1. The van der Waals surface area contributed by atoms with Gasteiger partial charge in [-0.15, -0.1) is 0 Å². The van der Waals surface area contributed by atoms with Crippen molar-refractivity contribution in [2.24, 2.45) is 0 Å². The van der Waals surface area contributed by atoms with Crippen molar-refractivity contribution in [3.05, 3.63) is 71.5 Å². The van der Waals surface area contributed by atoms with Gasteiger partial charge in [0.1, 0.15) is 12.4 Å². The Hall–Kier alpha value is -2.20. The fourth-order valence-electron chi connectivity index (χ4n) is 2.24. The summed E-state index contributed by atoms with van der Waals surface area (Å²) in [5.41, 5.74) is 2.10. The zero-order valence-corrected chi connectivity index (χ0v) is 13.0. The minimum Gasteiger partial charge on any atom is -0.347 e. The van der Waals surface area contributed by atoms with E-state index >= 15 is 0 Å². The van der Waals surface area contributed by atoms with Gasteiger partial charge in [-0.1, -0.05) is 42.5 Å². The SMILES string of the molecule is C[C@H](C(=O)NCc1ccc(F)cc1)[NH+](C)Cc1ccccc1. The van der Waals surface area contributed by atoms with Crippen molar-refractivity contribution in [2.45, 2.75) is 26.1 Å². The lowest BCUT2D eigenvalue weighted by atomic mass is 10.2. The zero-order chi connectivity index (χ0) is 15.9. The number of likely N-dealkylation sites (N-methyl/N-ethyl adjacent to an activating group) is 1. The van der Waals surface area contributed by atoms with Gasteiger partial charge in [0.25, 0.3) is 5.91 Å². The highest BCUT2D eigenvalue weighted by Crippen LogP contribution is 2.02. The molecule has 0 saturated carbocycles. The van der Waals surface area contributed by atoms with Crippen LogP contribution in [0.25, 0.3) is 0 Å². The molecule has 2 aromatic rings. The Morgan fingerprint density at radius 1 is 1.09 bits per heavy atom. The second-order valence-corrected chi connectivity index (χ2v) is 5.57. The van der Waals surface area contributed by atoms with E-state index in [1.165, 1.54) is 17.7 Å². The van der Waals surface area contributed by atoms with Gasteiger partial charge in [-0.2, -0.15) is 0 Å². The van der Waals surface area contributed by atoms with Gasteiger partial charge in [-0.3, -0.25) is 4.79 Å². The number of benzene rings is 2. The van der Waals surface area contributed by atoms with E-state index in [9.17, 15) is 9.18 Å². The fourth-order valence-corrected chi connectivity index (χ4v) is 2.24. The first-order valence-electron chi connectivity index (χ1n) is 7.44. The van der Waals surface area contributed by atoms with Crippen molar-refractivity contribution >= 4 is 5.91 Å². The molecule has 0 aliphatic carbocycles. The number of quaternary nitrogens is 1. The van der Waals surface area contributed by atoms with Crippen molar-refractivity contribution in [3.8, 4) is 0 Å². The fraction of sp³-hybridized carbons (Fsp3) is 0.278. The van der Waals surface area contributed by atoms with Crippen LogP contribution in [0.5, 0.6) is 0 Å². The van der Waals surface area contributed by atoms with Crippen molar-refractivity contribution in [1.29, 1.82) is 0 Å². The first kappa shape index (κ1) is 16.2. The molecule has 0 radical (unpaired) electrons. The molecule has 0 fully saturated rings. The van der Waals surface area contributed by atoms with E-state index < -0.39 is 0 Å². The Morgan fingerprint density at radius 3 is 2.36 bits per heavy atom. The normalized spacial score (nSPS) is 13.4. The number of nitrogens with one attached hydrogen (secondary N) is 2. The number of halogens is 1. The largest absolute Gasteiger partial charge is 0.347 e. The van der Waals surface area contributed by atoms with Crippen LogP contribution >= 0.6 is 0 Å². The van der Waals surface area contributed by atoms with E-state index in [1.807, 2.05) is 32.2 Å². The summed E-state index contributed by atoms with van der Waals surface area (Å²) in [5, 5.41) is 2.90. The summed E-state index contributed by atoms with van der Waals surface area (Å²) >= 11 is 0. The third-order valence-corrected chi connectivity index (χ3v) is 3.84. The molecule has 2 N–H and O–H groups in total. The molecule has 1 amide bonds. The van der Waals surface area contributed by atoms with E-state index in [4.69, 9.17) is 0 Å². The number of hydrogen-bond acceptors (Lipinski definition) is 1. The van der Waals surface area contributed by atoms with E-state index in [1.54, 1.807) is 12.1 Å². The zero-order valence-electron chi connectivity index (χ0n) is 13.0. The lowest BCUT2D eigenvalue weighted by Gasteiger charge is -2.21. The molecule has 0 aliphatic heterocycles. The number of carbonyl (C=O) groups is 1. The van der Waals surface area contributed by atoms with Crippen LogP contribution in [0.2, 0.25) is 0 Å². The van der Waals surface area contributed by atoms with Gasteiger partial charge in [0, 0.05) is 12.1 Å². The molecule has 4 heteroatoms. The number of carbonyl (C=O) groups excluding carboxylic acids is 1. The van der Waals surface area contributed by atoms with Gasteiger partial charge in [0.05, 0.1) is 7.05 Å². The summed E-state index contributed by atoms with van der Waals surface area (Å²) in [5.74, 6) is -0.270. The van der Waals surface area contributed by atoms with Crippen LogP contribution in [0.3, 0.4) is 0 Å². The van der Waals surface area contributed by atoms with Crippen LogP contribution in [-0.4, -0.2) is 19.0 Å². The lowest BCUT2D eigenvalue weighted by Crippen LogP contribution is -3.12. The molecule has 1 unspecified atom stereocenters. The van der Waals surface area contributed by atoms with Crippen LogP contribution < -0.4 is 10.2 Å². The molecule has 2 aromatic carbocycles.